The molecule has 12 heavy (non-hydrogen) atoms. The van der Waals surface area contributed by atoms with E-state index in [0.29, 0.717) is 11.8 Å². The Labute approximate surface area is 84.5 Å². The summed E-state index contributed by atoms with van der Waals surface area (Å²) >= 11 is 2.18. The van der Waals surface area contributed by atoms with Crippen molar-refractivity contribution in [1.29, 1.82) is 0 Å². The first kappa shape index (κ1) is 8.10. The number of rotatable bonds is 2. The van der Waals surface area contributed by atoms with E-state index in [1.165, 1.54) is 0 Å². The monoisotopic (exact) mass is 276 g/mol. The second kappa shape index (κ2) is 3.08. The molecule has 1 heterocycles. The predicted molar refractivity (Wildman–Crippen MR) is 55.0 cm³/mol. The quantitative estimate of drug-likeness (QED) is 0.838. The maximum absolute atomic E-state index is 5.71. The van der Waals surface area contributed by atoms with Crippen LogP contribution in [0.2, 0.25) is 0 Å². The summed E-state index contributed by atoms with van der Waals surface area (Å²) in [6, 6.07) is 0. The Morgan fingerprint density at radius 2 is 2.25 bits per heavy atom. The average Bonchev–Trinajstić information content (AvgIpc) is 2.80. The van der Waals surface area contributed by atoms with Gasteiger partial charge in [0.15, 0.2) is 5.75 Å². The van der Waals surface area contributed by atoms with E-state index in [4.69, 9.17) is 10.5 Å². The zero-order chi connectivity index (χ0) is 8.55. The lowest BCUT2D eigenvalue weighted by atomic mass is 10.4. The van der Waals surface area contributed by atoms with Crippen molar-refractivity contribution in [3.05, 3.63) is 16.0 Å². The van der Waals surface area contributed by atoms with Crippen molar-refractivity contribution in [2.24, 2.45) is 0 Å². The molecule has 0 atom stereocenters. The van der Waals surface area contributed by atoms with Gasteiger partial charge < -0.3 is 10.5 Å². The topological polar surface area (TPSA) is 48.1 Å². The SMILES string of the molecule is Nc1cncc(I)c1OC1CC1. The van der Waals surface area contributed by atoms with Crippen LogP contribution in [0.25, 0.3) is 0 Å². The van der Waals surface area contributed by atoms with Crippen LogP contribution in [0.5, 0.6) is 5.75 Å². The van der Waals surface area contributed by atoms with Crippen LogP contribution in [0.1, 0.15) is 12.8 Å². The number of ether oxygens (including phenoxy) is 1. The molecule has 2 rings (SSSR count). The Bertz CT molecular complexity index is 279. The molecule has 1 aliphatic carbocycles. The van der Waals surface area contributed by atoms with Gasteiger partial charge in [-0.25, -0.2) is 0 Å². The second-order valence-corrected chi connectivity index (χ2v) is 4.02. The average molecular weight is 276 g/mol. The predicted octanol–water partition coefficient (Wildman–Crippen LogP) is 1.81. The highest BCUT2D eigenvalue weighted by molar-refractivity contribution is 14.1. The molecule has 0 amide bonds. The van der Waals surface area contributed by atoms with Crippen molar-refractivity contribution >= 4 is 28.3 Å². The molecule has 1 aromatic rings. The van der Waals surface area contributed by atoms with Gasteiger partial charge in [0.2, 0.25) is 0 Å². The Balaban J connectivity index is 2.26. The highest BCUT2D eigenvalue weighted by atomic mass is 127. The third-order valence-electron chi connectivity index (χ3n) is 1.69. The van der Waals surface area contributed by atoms with E-state index in [-0.39, 0.29) is 0 Å². The Morgan fingerprint density at radius 1 is 1.50 bits per heavy atom. The van der Waals surface area contributed by atoms with Crippen LogP contribution in [0.3, 0.4) is 0 Å². The number of halogens is 1. The summed E-state index contributed by atoms with van der Waals surface area (Å²) in [5.74, 6) is 0.799. The standard InChI is InChI=1S/C8H9IN2O/c9-6-3-11-4-7(10)8(6)12-5-1-2-5/h3-5H,1-2,10H2. The zero-order valence-corrected chi connectivity index (χ0v) is 8.61. The van der Waals surface area contributed by atoms with E-state index in [0.717, 1.165) is 22.2 Å². The molecule has 1 aromatic heterocycles. The lowest BCUT2D eigenvalue weighted by molar-refractivity contribution is 0.302. The molecule has 0 aromatic carbocycles. The number of hydrogen-bond donors (Lipinski definition) is 1. The van der Waals surface area contributed by atoms with E-state index in [2.05, 4.69) is 27.6 Å². The minimum Gasteiger partial charge on any atom is -0.487 e. The van der Waals surface area contributed by atoms with Gasteiger partial charge in [-0.05, 0) is 35.4 Å². The van der Waals surface area contributed by atoms with Crippen LogP contribution in [-0.4, -0.2) is 11.1 Å². The summed E-state index contributed by atoms with van der Waals surface area (Å²) in [5.41, 5.74) is 6.34. The number of nitrogens with zero attached hydrogens (tertiary/aromatic N) is 1. The van der Waals surface area contributed by atoms with Crippen molar-refractivity contribution in [2.45, 2.75) is 18.9 Å². The molecule has 0 bridgehead atoms. The number of nitrogens with two attached hydrogens (primary N) is 1. The van der Waals surface area contributed by atoms with E-state index in [1.54, 1.807) is 12.4 Å². The van der Waals surface area contributed by atoms with E-state index < -0.39 is 0 Å². The summed E-state index contributed by atoms with van der Waals surface area (Å²) < 4.78 is 6.60. The number of anilines is 1. The van der Waals surface area contributed by atoms with Gasteiger partial charge in [0.05, 0.1) is 21.6 Å². The van der Waals surface area contributed by atoms with E-state index >= 15 is 0 Å². The third-order valence-corrected chi connectivity index (χ3v) is 2.46. The highest BCUT2D eigenvalue weighted by Gasteiger charge is 2.25. The van der Waals surface area contributed by atoms with Crippen LogP contribution < -0.4 is 10.5 Å². The van der Waals surface area contributed by atoms with E-state index in [1.807, 2.05) is 0 Å². The van der Waals surface area contributed by atoms with Crippen molar-refractivity contribution in [3.63, 3.8) is 0 Å². The number of pyridine rings is 1. The van der Waals surface area contributed by atoms with Crippen LogP contribution in [0, 0.1) is 3.57 Å². The summed E-state index contributed by atoms with van der Waals surface area (Å²) in [6.07, 6.45) is 6.08. The van der Waals surface area contributed by atoms with Gasteiger partial charge in [0.1, 0.15) is 0 Å². The van der Waals surface area contributed by atoms with Crippen LogP contribution in [-0.2, 0) is 0 Å². The van der Waals surface area contributed by atoms with Gasteiger partial charge in [-0.15, -0.1) is 0 Å². The van der Waals surface area contributed by atoms with Crippen LogP contribution in [0.15, 0.2) is 12.4 Å². The first-order chi connectivity index (χ1) is 5.77. The Morgan fingerprint density at radius 3 is 2.83 bits per heavy atom. The van der Waals surface area contributed by atoms with E-state index in [9.17, 15) is 0 Å². The first-order valence-electron chi connectivity index (χ1n) is 3.83. The molecule has 4 heteroatoms. The van der Waals surface area contributed by atoms with Crippen molar-refractivity contribution in [3.8, 4) is 5.75 Å². The molecule has 0 spiro atoms. The third kappa shape index (κ3) is 1.63. The van der Waals surface area contributed by atoms with Crippen molar-refractivity contribution in [1.82, 2.24) is 4.98 Å². The number of hydrogen-bond acceptors (Lipinski definition) is 3. The number of nitrogen functional groups attached to an aromatic ring is 1. The van der Waals surface area contributed by atoms with Gasteiger partial charge in [0, 0.05) is 6.20 Å². The van der Waals surface area contributed by atoms with Gasteiger partial charge in [-0.2, -0.15) is 0 Å². The largest absolute Gasteiger partial charge is 0.487 e. The molecule has 0 aliphatic heterocycles. The Hall–Kier alpha value is -0.520. The molecule has 1 saturated carbocycles. The molecule has 0 radical (unpaired) electrons. The number of aromatic nitrogens is 1. The minimum absolute atomic E-state index is 0.392. The fourth-order valence-corrected chi connectivity index (χ4v) is 1.51. The molecular weight excluding hydrogens is 267 g/mol. The van der Waals surface area contributed by atoms with Gasteiger partial charge in [-0.3, -0.25) is 4.98 Å². The first-order valence-corrected chi connectivity index (χ1v) is 4.91. The Kier molecular flexibility index (Phi) is 2.08. The molecule has 2 N–H and O–H groups in total. The van der Waals surface area contributed by atoms with Crippen LogP contribution in [0.4, 0.5) is 5.69 Å². The molecule has 1 fully saturated rings. The second-order valence-electron chi connectivity index (χ2n) is 2.86. The summed E-state index contributed by atoms with van der Waals surface area (Å²) in [4.78, 5) is 3.96. The maximum Gasteiger partial charge on any atom is 0.159 e. The minimum atomic E-state index is 0.392. The van der Waals surface area contributed by atoms with Crippen molar-refractivity contribution in [2.75, 3.05) is 5.73 Å². The maximum atomic E-state index is 5.71. The molecule has 64 valence electrons. The fourth-order valence-electron chi connectivity index (χ4n) is 0.915. The normalized spacial score (nSPS) is 16.1. The molecule has 0 saturated heterocycles. The smallest absolute Gasteiger partial charge is 0.159 e. The van der Waals surface area contributed by atoms with Crippen molar-refractivity contribution < 1.29 is 4.74 Å². The van der Waals surface area contributed by atoms with Crippen LogP contribution >= 0.6 is 22.6 Å². The summed E-state index contributed by atoms with van der Waals surface area (Å²) in [5, 5.41) is 0. The highest BCUT2D eigenvalue weighted by Crippen LogP contribution is 2.33. The molecule has 3 nitrogen and oxygen atoms in total. The summed E-state index contributed by atoms with van der Waals surface area (Å²) in [7, 11) is 0. The lowest BCUT2D eigenvalue weighted by Crippen LogP contribution is -2.02. The molecular formula is C8H9IN2O. The fraction of sp³-hybridized carbons (Fsp3) is 0.375. The molecule has 1 aliphatic rings. The summed E-state index contributed by atoms with van der Waals surface area (Å²) in [6.45, 7) is 0. The van der Waals surface area contributed by atoms with Gasteiger partial charge >= 0.3 is 0 Å². The lowest BCUT2D eigenvalue weighted by Gasteiger charge is -2.08. The molecule has 0 unspecified atom stereocenters. The van der Waals surface area contributed by atoms with Gasteiger partial charge in [0.25, 0.3) is 0 Å². The zero-order valence-electron chi connectivity index (χ0n) is 6.46. The van der Waals surface area contributed by atoms with Gasteiger partial charge in [-0.1, -0.05) is 0 Å².